The van der Waals surface area contributed by atoms with Crippen LogP contribution in [0.4, 0.5) is 5.82 Å². The van der Waals surface area contributed by atoms with Crippen LogP contribution in [-0.4, -0.2) is 20.8 Å². The lowest BCUT2D eigenvalue weighted by molar-refractivity contribution is 0.101. The first kappa shape index (κ1) is 19.4. The monoisotopic (exact) mass is 470 g/mol. The summed E-state index contributed by atoms with van der Waals surface area (Å²) in [5.41, 5.74) is 3.22. The van der Waals surface area contributed by atoms with E-state index in [1.165, 1.54) is 0 Å². The summed E-state index contributed by atoms with van der Waals surface area (Å²) in [5.74, 6) is 0.538. The first-order chi connectivity index (χ1) is 14.0. The fraction of sp³-hybridized carbons (Fsp3) is 0.0952. The number of anilines is 1. The summed E-state index contributed by atoms with van der Waals surface area (Å²) in [6.07, 6.45) is 1.80. The van der Waals surface area contributed by atoms with Gasteiger partial charge in [0.1, 0.15) is 0 Å². The van der Waals surface area contributed by atoms with Crippen molar-refractivity contribution in [3.63, 3.8) is 0 Å². The molecule has 4 aromatic rings. The topological polar surface area (TPSA) is 73.0 Å². The van der Waals surface area contributed by atoms with Gasteiger partial charge < -0.3 is 9.84 Å². The zero-order valence-electron chi connectivity index (χ0n) is 15.4. The van der Waals surface area contributed by atoms with Gasteiger partial charge in [0.25, 0.3) is 5.91 Å². The molecule has 1 amide bonds. The van der Waals surface area contributed by atoms with Crippen LogP contribution in [0.1, 0.15) is 21.6 Å². The fourth-order valence-electron chi connectivity index (χ4n) is 2.75. The molecule has 0 spiro atoms. The number of halogens is 2. The van der Waals surface area contributed by atoms with Crippen molar-refractivity contribution < 1.29 is 9.32 Å². The average Bonchev–Trinajstić information content (AvgIpc) is 3.32. The maximum atomic E-state index is 12.6. The molecule has 2 heterocycles. The van der Waals surface area contributed by atoms with E-state index in [2.05, 4.69) is 31.5 Å². The SMILES string of the molecule is Cc1ccc(-c2cc(C(=O)Nc3nn(Cc4ccc(Cl)cc4)cc3Br)no2)cc1. The summed E-state index contributed by atoms with van der Waals surface area (Å²) >= 11 is 9.35. The van der Waals surface area contributed by atoms with Crippen molar-refractivity contribution in [2.75, 3.05) is 5.32 Å². The van der Waals surface area contributed by atoms with Crippen LogP contribution in [0.5, 0.6) is 0 Å². The highest BCUT2D eigenvalue weighted by atomic mass is 79.9. The fourth-order valence-corrected chi connectivity index (χ4v) is 3.29. The third-order valence-corrected chi connectivity index (χ3v) is 5.12. The summed E-state index contributed by atoms with van der Waals surface area (Å²) < 4.78 is 7.71. The van der Waals surface area contributed by atoms with E-state index in [1.54, 1.807) is 16.9 Å². The number of hydrogen-bond acceptors (Lipinski definition) is 4. The lowest BCUT2D eigenvalue weighted by Gasteiger charge is -2.02. The number of aromatic nitrogens is 3. The summed E-state index contributed by atoms with van der Waals surface area (Å²) in [4.78, 5) is 12.6. The molecule has 0 saturated carbocycles. The first-order valence-corrected chi connectivity index (χ1v) is 9.97. The van der Waals surface area contributed by atoms with Crippen LogP contribution in [-0.2, 0) is 6.54 Å². The molecule has 0 aliphatic heterocycles. The maximum absolute atomic E-state index is 12.6. The number of nitrogens with zero attached hydrogens (tertiary/aromatic N) is 3. The van der Waals surface area contributed by atoms with Gasteiger partial charge in [0.2, 0.25) is 0 Å². The molecule has 0 fully saturated rings. The van der Waals surface area contributed by atoms with Gasteiger partial charge in [0.05, 0.1) is 11.0 Å². The van der Waals surface area contributed by atoms with E-state index >= 15 is 0 Å². The molecule has 8 heteroatoms. The molecule has 2 aromatic carbocycles. The molecular weight excluding hydrogens is 456 g/mol. The normalized spacial score (nSPS) is 10.9. The highest BCUT2D eigenvalue weighted by molar-refractivity contribution is 9.10. The largest absolute Gasteiger partial charge is 0.355 e. The predicted molar refractivity (Wildman–Crippen MR) is 115 cm³/mol. The molecule has 0 bridgehead atoms. The molecule has 1 N–H and O–H groups in total. The Balaban J connectivity index is 1.46. The quantitative estimate of drug-likeness (QED) is 0.413. The summed E-state index contributed by atoms with van der Waals surface area (Å²) in [6.45, 7) is 2.56. The number of carbonyl (C=O) groups excluding carboxylic acids is 1. The second-order valence-corrected chi connectivity index (χ2v) is 7.84. The van der Waals surface area contributed by atoms with Crippen LogP contribution in [0, 0.1) is 6.92 Å². The van der Waals surface area contributed by atoms with E-state index in [0.717, 1.165) is 16.7 Å². The Morgan fingerprint density at radius 2 is 1.90 bits per heavy atom. The zero-order valence-corrected chi connectivity index (χ0v) is 17.7. The number of nitrogens with one attached hydrogen (secondary N) is 1. The highest BCUT2D eigenvalue weighted by Crippen LogP contribution is 2.24. The molecule has 0 radical (unpaired) electrons. The Kier molecular flexibility index (Phi) is 5.51. The van der Waals surface area contributed by atoms with Crippen molar-refractivity contribution in [1.29, 1.82) is 0 Å². The van der Waals surface area contributed by atoms with Gasteiger partial charge in [-0.25, -0.2) is 0 Å². The number of aryl methyl sites for hydroxylation is 1. The zero-order chi connectivity index (χ0) is 20.4. The Morgan fingerprint density at radius 3 is 2.62 bits per heavy atom. The minimum atomic E-state index is -0.399. The van der Waals surface area contributed by atoms with Gasteiger partial charge in [-0.1, -0.05) is 58.7 Å². The van der Waals surface area contributed by atoms with Crippen molar-refractivity contribution in [2.24, 2.45) is 0 Å². The van der Waals surface area contributed by atoms with Gasteiger partial charge in [0.15, 0.2) is 17.3 Å². The molecule has 6 nitrogen and oxygen atoms in total. The van der Waals surface area contributed by atoms with E-state index < -0.39 is 5.91 Å². The number of benzene rings is 2. The minimum absolute atomic E-state index is 0.180. The lowest BCUT2D eigenvalue weighted by atomic mass is 10.1. The van der Waals surface area contributed by atoms with E-state index in [4.69, 9.17) is 16.1 Å². The van der Waals surface area contributed by atoms with Crippen molar-refractivity contribution in [2.45, 2.75) is 13.5 Å². The maximum Gasteiger partial charge on any atom is 0.279 e. The van der Waals surface area contributed by atoms with Gasteiger partial charge in [-0.2, -0.15) is 5.10 Å². The highest BCUT2D eigenvalue weighted by Gasteiger charge is 2.17. The second kappa shape index (κ2) is 8.23. The molecule has 0 saturated heterocycles. The summed E-state index contributed by atoms with van der Waals surface area (Å²) in [6, 6.07) is 16.9. The Morgan fingerprint density at radius 1 is 1.17 bits per heavy atom. The van der Waals surface area contributed by atoms with Crippen LogP contribution in [0.15, 0.2) is 69.8 Å². The molecular formula is C21H16BrClN4O2. The van der Waals surface area contributed by atoms with Gasteiger partial charge in [-0.3, -0.25) is 9.48 Å². The third-order valence-electron chi connectivity index (χ3n) is 4.29. The Hall–Kier alpha value is -2.90. The van der Waals surface area contributed by atoms with E-state index in [9.17, 15) is 4.79 Å². The van der Waals surface area contributed by atoms with Crippen LogP contribution < -0.4 is 5.32 Å². The summed E-state index contributed by atoms with van der Waals surface area (Å²) in [7, 11) is 0. The van der Waals surface area contributed by atoms with Gasteiger partial charge in [0, 0.05) is 22.8 Å². The van der Waals surface area contributed by atoms with Crippen LogP contribution in [0.2, 0.25) is 5.02 Å². The molecule has 0 unspecified atom stereocenters. The van der Waals surface area contributed by atoms with E-state index in [-0.39, 0.29) is 5.69 Å². The average molecular weight is 472 g/mol. The molecule has 4 rings (SSSR count). The number of rotatable bonds is 5. The van der Waals surface area contributed by atoms with E-state index in [0.29, 0.717) is 27.6 Å². The molecule has 29 heavy (non-hydrogen) atoms. The third kappa shape index (κ3) is 4.58. The van der Waals surface area contributed by atoms with Crippen molar-refractivity contribution in [3.8, 4) is 11.3 Å². The van der Waals surface area contributed by atoms with Gasteiger partial charge in [-0.15, -0.1) is 0 Å². The van der Waals surface area contributed by atoms with Crippen LogP contribution >= 0.6 is 27.5 Å². The lowest BCUT2D eigenvalue weighted by Crippen LogP contribution is -2.13. The Labute approximate surface area is 180 Å². The number of hydrogen-bond donors (Lipinski definition) is 1. The second-order valence-electron chi connectivity index (χ2n) is 6.55. The van der Waals surface area contributed by atoms with Crippen LogP contribution in [0.3, 0.4) is 0 Å². The van der Waals surface area contributed by atoms with Gasteiger partial charge in [-0.05, 0) is 40.5 Å². The first-order valence-electron chi connectivity index (χ1n) is 8.80. The van der Waals surface area contributed by atoms with Crippen molar-refractivity contribution >= 4 is 39.3 Å². The number of carbonyl (C=O) groups is 1. The van der Waals surface area contributed by atoms with Crippen molar-refractivity contribution in [1.82, 2.24) is 14.9 Å². The number of amides is 1. The minimum Gasteiger partial charge on any atom is -0.355 e. The molecule has 146 valence electrons. The van der Waals surface area contributed by atoms with Crippen molar-refractivity contribution in [3.05, 3.63) is 87.1 Å². The Bertz CT molecular complexity index is 1150. The molecule has 0 aliphatic carbocycles. The summed E-state index contributed by atoms with van der Waals surface area (Å²) in [5, 5.41) is 11.7. The molecule has 0 aliphatic rings. The smallest absolute Gasteiger partial charge is 0.279 e. The predicted octanol–water partition coefficient (Wildman–Crippen LogP) is 5.56. The van der Waals surface area contributed by atoms with E-state index in [1.807, 2.05) is 55.5 Å². The molecule has 2 aromatic heterocycles. The van der Waals surface area contributed by atoms with Gasteiger partial charge >= 0.3 is 0 Å². The molecule has 0 atom stereocenters. The standard InChI is InChI=1S/C21H16BrClN4O2/c1-13-2-6-15(7-3-13)19-10-18(26-29-19)21(28)24-20-17(22)12-27(25-20)11-14-4-8-16(23)9-5-14/h2-10,12H,11H2,1H3,(H,24,25,28). The van der Waals surface area contributed by atoms with Crippen LogP contribution in [0.25, 0.3) is 11.3 Å².